The van der Waals surface area contributed by atoms with Crippen LogP contribution in [0.4, 0.5) is 0 Å². The Kier molecular flexibility index (Phi) is 6.54. The van der Waals surface area contributed by atoms with Gasteiger partial charge in [-0.05, 0) is 30.7 Å². The summed E-state index contributed by atoms with van der Waals surface area (Å²) in [6.45, 7) is 3.80. The van der Waals surface area contributed by atoms with E-state index in [4.69, 9.17) is 5.11 Å². The molecule has 21 heavy (non-hydrogen) atoms. The van der Waals surface area contributed by atoms with E-state index in [2.05, 4.69) is 10.0 Å². The molecular weight excluding hydrogens is 292 g/mol. The molecule has 0 heterocycles. The second kappa shape index (κ2) is 7.92. The molecule has 1 amide bonds. The molecule has 0 aliphatic heterocycles. The normalized spacial score (nSPS) is 13.3. The highest BCUT2D eigenvalue weighted by molar-refractivity contribution is 7.89. The Bertz CT molecular complexity index is 592. The van der Waals surface area contributed by atoms with E-state index in [1.807, 2.05) is 0 Å². The van der Waals surface area contributed by atoms with E-state index in [0.717, 1.165) is 0 Å². The lowest BCUT2D eigenvalue weighted by Gasteiger charge is -2.05. The highest BCUT2D eigenvalue weighted by atomic mass is 32.2. The lowest BCUT2D eigenvalue weighted by molar-refractivity contribution is -0.116. The highest BCUT2D eigenvalue weighted by Gasteiger charge is 2.11. The van der Waals surface area contributed by atoms with E-state index in [1.165, 1.54) is 18.2 Å². The summed E-state index contributed by atoms with van der Waals surface area (Å²) in [7, 11) is -3.46. The summed E-state index contributed by atoms with van der Waals surface area (Å²) < 4.78 is 25.9. The largest absolute Gasteiger partial charge is 0.392 e. The van der Waals surface area contributed by atoms with Crippen LogP contribution >= 0.6 is 0 Å². The van der Waals surface area contributed by atoms with E-state index >= 15 is 0 Å². The minimum atomic E-state index is -3.46. The van der Waals surface area contributed by atoms with E-state index in [0.29, 0.717) is 12.1 Å². The van der Waals surface area contributed by atoms with Gasteiger partial charge in [-0.15, -0.1) is 0 Å². The van der Waals surface area contributed by atoms with Gasteiger partial charge in [-0.3, -0.25) is 4.79 Å². The number of rotatable bonds is 7. The van der Waals surface area contributed by atoms with Gasteiger partial charge in [0.25, 0.3) is 0 Å². The number of aliphatic hydroxyl groups excluding tert-OH is 1. The number of benzene rings is 1. The summed E-state index contributed by atoms with van der Waals surface area (Å²) in [6.07, 6.45) is 2.30. The predicted molar refractivity (Wildman–Crippen MR) is 81.0 cm³/mol. The SMILES string of the molecule is CCNS(=O)(=O)c1ccc(/C=C/C(=O)NCC(C)O)cc1. The number of aliphatic hydroxyl groups is 1. The summed E-state index contributed by atoms with van der Waals surface area (Å²) in [4.78, 5) is 11.6. The van der Waals surface area contributed by atoms with Crippen LogP contribution in [0, 0.1) is 0 Å². The fourth-order valence-corrected chi connectivity index (χ4v) is 2.55. The van der Waals surface area contributed by atoms with Gasteiger partial charge in [0, 0.05) is 19.2 Å². The summed E-state index contributed by atoms with van der Waals surface area (Å²) in [5, 5.41) is 11.6. The van der Waals surface area contributed by atoms with E-state index in [9.17, 15) is 13.2 Å². The Balaban J connectivity index is 2.69. The maximum absolute atomic E-state index is 11.7. The monoisotopic (exact) mass is 312 g/mol. The molecule has 0 aliphatic carbocycles. The Morgan fingerprint density at radius 3 is 2.48 bits per heavy atom. The third kappa shape index (κ3) is 6.07. The van der Waals surface area contributed by atoms with Crippen molar-refractivity contribution in [3.63, 3.8) is 0 Å². The first-order valence-electron chi connectivity index (χ1n) is 6.59. The second-order valence-corrected chi connectivity index (χ2v) is 6.26. The van der Waals surface area contributed by atoms with Gasteiger partial charge >= 0.3 is 0 Å². The standard InChI is InChI=1S/C14H20N2O4S/c1-3-16-21(19,20)13-7-4-12(5-8-13)6-9-14(18)15-10-11(2)17/h4-9,11,16-17H,3,10H2,1-2H3,(H,15,18)/b9-6+. The van der Waals surface area contributed by atoms with Crippen molar-refractivity contribution in [2.45, 2.75) is 24.8 Å². The summed E-state index contributed by atoms with van der Waals surface area (Å²) in [5.41, 5.74) is 0.706. The van der Waals surface area contributed by atoms with Crippen LogP contribution in [0.3, 0.4) is 0 Å². The topological polar surface area (TPSA) is 95.5 Å². The molecule has 0 fully saturated rings. The number of sulfonamides is 1. The lowest BCUT2D eigenvalue weighted by Crippen LogP contribution is -2.28. The fourth-order valence-electron chi connectivity index (χ4n) is 1.51. The molecule has 6 nitrogen and oxygen atoms in total. The predicted octanol–water partition coefficient (Wildman–Crippen LogP) is 0.495. The van der Waals surface area contributed by atoms with Crippen LogP contribution in [0.1, 0.15) is 19.4 Å². The quantitative estimate of drug-likeness (QED) is 0.639. The van der Waals surface area contributed by atoms with E-state index in [1.54, 1.807) is 32.1 Å². The molecule has 0 saturated carbocycles. The number of hydrogen-bond acceptors (Lipinski definition) is 4. The number of carbonyl (C=O) groups is 1. The molecule has 0 saturated heterocycles. The molecule has 1 atom stereocenters. The molecule has 7 heteroatoms. The maximum atomic E-state index is 11.7. The number of carbonyl (C=O) groups excluding carboxylic acids is 1. The van der Waals surface area contributed by atoms with E-state index < -0.39 is 16.1 Å². The molecule has 1 rings (SSSR count). The average molecular weight is 312 g/mol. The van der Waals surface area contributed by atoms with Gasteiger partial charge in [0.1, 0.15) is 0 Å². The Labute approximate surface area is 124 Å². The third-order valence-corrected chi connectivity index (χ3v) is 4.09. The molecular formula is C14H20N2O4S. The van der Waals surface area contributed by atoms with Gasteiger partial charge < -0.3 is 10.4 Å². The van der Waals surface area contributed by atoms with Gasteiger partial charge in [-0.2, -0.15) is 0 Å². The minimum Gasteiger partial charge on any atom is -0.392 e. The van der Waals surface area contributed by atoms with Crippen molar-refractivity contribution < 1.29 is 18.3 Å². The Morgan fingerprint density at radius 2 is 1.95 bits per heavy atom. The van der Waals surface area contributed by atoms with Crippen LogP contribution in [-0.4, -0.2) is 38.6 Å². The van der Waals surface area contributed by atoms with Crippen LogP contribution in [0.25, 0.3) is 6.08 Å². The fraction of sp³-hybridized carbons (Fsp3) is 0.357. The first kappa shape index (κ1) is 17.4. The summed E-state index contributed by atoms with van der Waals surface area (Å²) >= 11 is 0. The van der Waals surface area contributed by atoms with Gasteiger partial charge in [-0.25, -0.2) is 13.1 Å². The lowest BCUT2D eigenvalue weighted by atomic mass is 10.2. The van der Waals surface area contributed by atoms with Crippen LogP contribution in [-0.2, 0) is 14.8 Å². The molecule has 0 aliphatic rings. The molecule has 3 N–H and O–H groups in total. The smallest absolute Gasteiger partial charge is 0.244 e. The van der Waals surface area contributed by atoms with Crippen LogP contribution in [0.15, 0.2) is 35.2 Å². The molecule has 1 unspecified atom stereocenters. The van der Waals surface area contributed by atoms with Crippen molar-refractivity contribution in [2.75, 3.05) is 13.1 Å². The van der Waals surface area contributed by atoms with E-state index in [-0.39, 0.29) is 17.3 Å². The van der Waals surface area contributed by atoms with Crippen molar-refractivity contribution in [2.24, 2.45) is 0 Å². The average Bonchev–Trinajstić information content (AvgIpc) is 2.43. The maximum Gasteiger partial charge on any atom is 0.244 e. The summed E-state index contributed by atoms with van der Waals surface area (Å²) in [6, 6.07) is 6.18. The van der Waals surface area contributed by atoms with Crippen molar-refractivity contribution in [1.29, 1.82) is 0 Å². The van der Waals surface area contributed by atoms with Gasteiger partial charge in [0.15, 0.2) is 0 Å². The highest BCUT2D eigenvalue weighted by Crippen LogP contribution is 2.11. The number of amides is 1. The summed E-state index contributed by atoms with van der Waals surface area (Å²) in [5.74, 6) is -0.319. The first-order chi connectivity index (χ1) is 9.85. The van der Waals surface area contributed by atoms with Crippen molar-refractivity contribution >= 4 is 22.0 Å². The number of nitrogens with one attached hydrogen (secondary N) is 2. The zero-order valence-electron chi connectivity index (χ0n) is 12.0. The zero-order chi connectivity index (χ0) is 15.9. The Morgan fingerprint density at radius 1 is 1.33 bits per heavy atom. The van der Waals surface area contributed by atoms with Crippen LogP contribution in [0.5, 0.6) is 0 Å². The minimum absolute atomic E-state index is 0.181. The van der Waals surface area contributed by atoms with Crippen molar-refractivity contribution in [1.82, 2.24) is 10.0 Å². The molecule has 1 aromatic rings. The van der Waals surface area contributed by atoms with Gasteiger partial charge in [0.2, 0.25) is 15.9 Å². The molecule has 0 bridgehead atoms. The zero-order valence-corrected chi connectivity index (χ0v) is 12.9. The molecule has 0 spiro atoms. The third-order valence-electron chi connectivity index (χ3n) is 2.52. The first-order valence-corrected chi connectivity index (χ1v) is 8.07. The van der Waals surface area contributed by atoms with Crippen molar-refractivity contribution in [3.05, 3.63) is 35.9 Å². The van der Waals surface area contributed by atoms with Crippen molar-refractivity contribution in [3.8, 4) is 0 Å². The Hall–Kier alpha value is -1.70. The molecule has 1 aromatic carbocycles. The molecule has 0 aromatic heterocycles. The molecule has 0 radical (unpaired) electrons. The number of hydrogen-bond donors (Lipinski definition) is 3. The van der Waals surface area contributed by atoms with Crippen LogP contribution < -0.4 is 10.0 Å². The molecule has 116 valence electrons. The van der Waals surface area contributed by atoms with Gasteiger partial charge in [-0.1, -0.05) is 19.1 Å². The van der Waals surface area contributed by atoms with Crippen LogP contribution in [0.2, 0.25) is 0 Å². The second-order valence-electron chi connectivity index (χ2n) is 4.50. The van der Waals surface area contributed by atoms with Gasteiger partial charge in [0.05, 0.1) is 11.0 Å².